The first-order chi connectivity index (χ1) is 13.4. The maximum atomic E-state index is 13.5. The molecule has 1 amide bonds. The third kappa shape index (κ3) is 5.16. The summed E-state index contributed by atoms with van der Waals surface area (Å²) in [7, 11) is -4.03. The van der Waals surface area contributed by atoms with Gasteiger partial charge in [-0.25, -0.2) is 4.79 Å². The molecule has 0 aromatic heterocycles. The molecule has 28 heavy (non-hydrogen) atoms. The third-order valence-corrected chi connectivity index (χ3v) is 5.87. The molecule has 0 bridgehead atoms. The second kappa shape index (κ2) is 9.99. The number of hydrogen-bond donors (Lipinski definition) is 2. The van der Waals surface area contributed by atoms with Gasteiger partial charge in [-0.3, -0.25) is 9.36 Å². The number of benzene rings is 2. The van der Waals surface area contributed by atoms with Crippen LogP contribution in [0.1, 0.15) is 29.8 Å². The Bertz CT molecular complexity index is 885. The largest absolute Gasteiger partial charge is 0.477 e. The zero-order chi connectivity index (χ0) is 20.6. The highest BCUT2D eigenvalue weighted by Crippen LogP contribution is 2.61. The van der Waals surface area contributed by atoms with Crippen molar-refractivity contribution in [3.63, 3.8) is 0 Å². The number of amides is 1. The summed E-state index contributed by atoms with van der Waals surface area (Å²) in [5, 5.41) is 12.0. The highest BCUT2D eigenvalue weighted by Gasteiger charge is 2.36. The zero-order valence-electron chi connectivity index (χ0n) is 15.6. The maximum Gasteiger partial charge on any atom is 0.364 e. The van der Waals surface area contributed by atoms with E-state index >= 15 is 0 Å². The maximum absolute atomic E-state index is 13.5. The lowest BCUT2D eigenvalue weighted by molar-refractivity contribution is -0.132. The molecule has 0 heterocycles. The van der Waals surface area contributed by atoms with E-state index in [1.54, 1.807) is 74.5 Å². The fraction of sp³-hybridized carbons (Fsp3) is 0.200. The van der Waals surface area contributed by atoms with Crippen LogP contribution in [0.25, 0.3) is 5.31 Å². The Labute approximate surface area is 163 Å². The van der Waals surface area contributed by atoms with Crippen molar-refractivity contribution in [3.05, 3.63) is 77.5 Å². The van der Waals surface area contributed by atoms with Gasteiger partial charge in [0.1, 0.15) is 11.0 Å². The van der Waals surface area contributed by atoms with Crippen molar-refractivity contribution in [3.8, 4) is 0 Å². The summed E-state index contributed by atoms with van der Waals surface area (Å²) in [5.74, 6) is -2.10. The topological polar surface area (TPSA) is 102 Å². The molecule has 0 radical (unpaired) electrons. The minimum Gasteiger partial charge on any atom is -0.477 e. The summed E-state index contributed by atoms with van der Waals surface area (Å²) in [6.45, 7) is 3.31. The number of aliphatic carboxylic acids is 1. The van der Waals surface area contributed by atoms with Gasteiger partial charge in [0.25, 0.3) is 5.91 Å². The summed E-state index contributed by atoms with van der Waals surface area (Å²) in [5.41, 5.74) is 0.0279. The van der Waals surface area contributed by atoms with E-state index in [-0.39, 0.29) is 24.1 Å². The molecule has 8 heteroatoms. The molecule has 2 rings (SSSR count). The van der Waals surface area contributed by atoms with E-state index < -0.39 is 25.2 Å². The van der Waals surface area contributed by atoms with Crippen LogP contribution >= 0.6 is 7.60 Å². The molecule has 0 spiro atoms. The average Bonchev–Trinajstić information content (AvgIpc) is 2.69. The van der Waals surface area contributed by atoms with Gasteiger partial charge in [-0.05, 0) is 31.5 Å². The van der Waals surface area contributed by atoms with E-state index in [1.165, 1.54) is 0 Å². The van der Waals surface area contributed by atoms with Gasteiger partial charge < -0.3 is 19.5 Å². The summed E-state index contributed by atoms with van der Waals surface area (Å²) in [6, 6.07) is 16.4. The van der Waals surface area contributed by atoms with Crippen LogP contribution in [0.15, 0.2) is 66.4 Å². The third-order valence-electron chi connectivity index (χ3n) is 3.64. The van der Waals surface area contributed by atoms with Crippen molar-refractivity contribution in [1.29, 1.82) is 0 Å². The Morgan fingerprint density at radius 1 is 0.893 bits per heavy atom. The van der Waals surface area contributed by atoms with Crippen molar-refractivity contribution in [1.82, 2.24) is 5.32 Å². The normalized spacial score (nSPS) is 12.2. The number of carboxylic acid groups (broad SMARTS) is 1. The first-order valence-corrected chi connectivity index (χ1v) is 10.3. The predicted octanol–water partition coefficient (Wildman–Crippen LogP) is 4.14. The van der Waals surface area contributed by atoms with Crippen LogP contribution in [-0.4, -0.2) is 30.2 Å². The summed E-state index contributed by atoms with van der Waals surface area (Å²) < 4.78 is 24.2. The molecule has 0 aliphatic carbocycles. The van der Waals surface area contributed by atoms with Crippen molar-refractivity contribution < 1.29 is 28.3 Å². The number of hydrogen-bond acceptors (Lipinski definition) is 5. The molecule has 0 aliphatic rings. The zero-order valence-corrected chi connectivity index (χ0v) is 16.5. The van der Waals surface area contributed by atoms with E-state index in [9.17, 15) is 19.3 Å². The number of nitrogens with one attached hydrogen (secondary N) is 1. The minimum atomic E-state index is -4.03. The Morgan fingerprint density at radius 2 is 1.36 bits per heavy atom. The highest BCUT2D eigenvalue weighted by molar-refractivity contribution is 7.65. The SMILES string of the molecule is CCOP(=O)(OCC)/C(=C(\NC(=O)c1ccccc1)C(=O)O)c1ccccc1. The van der Waals surface area contributed by atoms with Crippen molar-refractivity contribution in [2.24, 2.45) is 0 Å². The summed E-state index contributed by atoms with van der Waals surface area (Å²) >= 11 is 0. The molecular weight excluding hydrogens is 381 g/mol. The number of carbonyl (C=O) groups excluding carboxylic acids is 1. The molecule has 0 fully saturated rings. The summed E-state index contributed by atoms with van der Waals surface area (Å²) in [4.78, 5) is 24.6. The lowest BCUT2D eigenvalue weighted by atomic mass is 10.1. The van der Waals surface area contributed by atoms with E-state index in [2.05, 4.69) is 5.32 Å². The Morgan fingerprint density at radius 3 is 1.79 bits per heavy atom. The fourth-order valence-corrected chi connectivity index (χ4v) is 4.43. The van der Waals surface area contributed by atoms with E-state index in [0.29, 0.717) is 5.56 Å². The monoisotopic (exact) mass is 403 g/mol. The molecule has 148 valence electrons. The van der Waals surface area contributed by atoms with Gasteiger partial charge in [-0.2, -0.15) is 0 Å². The fourth-order valence-electron chi connectivity index (χ4n) is 2.53. The number of rotatable bonds is 9. The van der Waals surface area contributed by atoms with Gasteiger partial charge in [0.15, 0.2) is 0 Å². The highest BCUT2D eigenvalue weighted by atomic mass is 31.2. The van der Waals surface area contributed by atoms with E-state index in [4.69, 9.17) is 9.05 Å². The van der Waals surface area contributed by atoms with Crippen LogP contribution in [0.4, 0.5) is 0 Å². The molecule has 0 saturated heterocycles. The molecule has 0 atom stereocenters. The van der Waals surface area contributed by atoms with Gasteiger partial charge in [-0.15, -0.1) is 0 Å². The molecular formula is C20H22NO6P. The van der Waals surface area contributed by atoms with Crippen LogP contribution in [-0.2, 0) is 18.4 Å². The van der Waals surface area contributed by atoms with Crippen molar-refractivity contribution >= 4 is 24.8 Å². The number of carboxylic acids is 1. The quantitative estimate of drug-likeness (QED) is 0.482. The van der Waals surface area contributed by atoms with Gasteiger partial charge >= 0.3 is 13.6 Å². The van der Waals surface area contributed by atoms with E-state index in [1.807, 2.05) is 0 Å². The standard InChI is InChI=1S/C20H22NO6P/c1-3-26-28(25,27-4-2)18(15-11-7-5-8-12-15)17(20(23)24)21-19(22)16-13-9-6-10-14-16/h5-14H,3-4H2,1-2H3,(H,21,22)(H,23,24)/b18-17-. The van der Waals surface area contributed by atoms with Crippen molar-refractivity contribution in [2.45, 2.75) is 13.8 Å². The Balaban J connectivity index is 2.66. The van der Waals surface area contributed by atoms with Crippen LogP contribution in [0.2, 0.25) is 0 Å². The van der Waals surface area contributed by atoms with Gasteiger partial charge in [0.05, 0.1) is 13.2 Å². The van der Waals surface area contributed by atoms with Gasteiger partial charge in [0, 0.05) is 5.56 Å². The summed E-state index contributed by atoms with van der Waals surface area (Å²) in [6.07, 6.45) is 0. The Kier molecular flexibility index (Phi) is 7.70. The molecule has 2 aromatic rings. The van der Waals surface area contributed by atoms with Gasteiger partial charge in [-0.1, -0.05) is 48.5 Å². The lowest BCUT2D eigenvalue weighted by Crippen LogP contribution is -2.29. The first kappa shape index (κ1) is 21.6. The first-order valence-electron chi connectivity index (χ1n) is 8.72. The average molecular weight is 403 g/mol. The molecule has 2 N–H and O–H groups in total. The van der Waals surface area contributed by atoms with Crippen LogP contribution in [0.5, 0.6) is 0 Å². The number of carbonyl (C=O) groups is 2. The molecule has 7 nitrogen and oxygen atoms in total. The van der Waals surface area contributed by atoms with Gasteiger partial charge in [0.2, 0.25) is 0 Å². The molecule has 2 aromatic carbocycles. The van der Waals surface area contributed by atoms with Crippen LogP contribution in [0.3, 0.4) is 0 Å². The molecule has 0 saturated carbocycles. The second-order valence-corrected chi connectivity index (χ2v) is 7.51. The predicted molar refractivity (Wildman–Crippen MR) is 106 cm³/mol. The second-order valence-electron chi connectivity index (χ2n) is 5.55. The minimum absolute atomic E-state index is 0.0349. The molecule has 0 unspecified atom stereocenters. The van der Waals surface area contributed by atoms with Crippen LogP contribution < -0.4 is 5.32 Å². The molecule has 0 aliphatic heterocycles. The van der Waals surface area contributed by atoms with Crippen molar-refractivity contribution in [2.75, 3.05) is 13.2 Å². The Hall–Kier alpha value is -2.73. The van der Waals surface area contributed by atoms with E-state index in [0.717, 1.165) is 0 Å². The smallest absolute Gasteiger partial charge is 0.364 e. The van der Waals surface area contributed by atoms with Crippen LogP contribution in [0, 0.1) is 0 Å². The lowest BCUT2D eigenvalue weighted by Gasteiger charge is -2.22.